The van der Waals surface area contributed by atoms with Crippen molar-refractivity contribution in [1.29, 1.82) is 0 Å². The van der Waals surface area contributed by atoms with Gasteiger partial charge in [-0.15, -0.1) is 0 Å². The van der Waals surface area contributed by atoms with Crippen molar-refractivity contribution in [1.82, 2.24) is 23.7 Å². The molecule has 0 aliphatic carbocycles. The molecule has 0 unspecified atom stereocenters. The number of benzene rings is 14. The van der Waals surface area contributed by atoms with Gasteiger partial charge in [0.2, 0.25) is 0 Å². The highest BCUT2D eigenvalue weighted by atomic mass is 15.2. The monoisotopic (exact) mass is 1260 g/mol. The third-order valence-electron chi connectivity index (χ3n) is 19.9. The lowest BCUT2D eigenvalue weighted by Crippen LogP contribution is -2.11. The predicted molar refractivity (Wildman–Crippen MR) is 414 cm³/mol. The van der Waals surface area contributed by atoms with E-state index in [0.29, 0.717) is 0 Å². The summed E-state index contributed by atoms with van der Waals surface area (Å²) in [5, 5.41) is 6.78. The van der Waals surface area contributed by atoms with Crippen LogP contribution in [0.15, 0.2) is 370 Å². The minimum absolute atomic E-state index is 0.770. The van der Waals surface area contributed by atoms with Gasteiger partial charge >= 0.3 is 0 Å². The Morgan fingerprint density at radius 3 is 0.788 bits per heavy atom. The van der Waals surface area contributed by atoms with Crippen LogP contribution in [0.4, 0.5) is 0 Å². The second kappa shape index (κ2) is 23.9. The van der Waals surface area contributed by atoms with E-state index in [1.165, 1.54) is 0 Å². The Morgan fingerprint density at radius 2 is 0.444 bits per heavy atom. The summed E-state index contributed by atoms with van der Waals surface area (Å²) >= 11 is 0. The van der Waals surface area contributed by atoms with Gasteiger partial charge in [0, 0.05) is 49.0 Å². The van der Waals surface area contributed by atoms with Crippen molar-refractivity contribution in [2.75, 3.05) is 0 Å². The lowest BCUT2D eigenvalue weighted by Gasteiger charge is -2.22. The predicted octanol–water partition coefficient (Wildman–Crippen LogP) is 24.8. The smallest absolute Gasteiger partial charge is 0.165 e. The first kappa shape index (κ1) is 57.2. The maximum absolute atomic E-state index is 6.39. The first-order chi connectivity index (χ1) is 49.1. The number of pyridine rings is 2. The summed E-state index contributed by atoms with van der Waals surface area (Å²) < 4.78 is 7.41. The average Bonchev–Trinajstić information content (AvgIpc) is 1.58. The molecular formula is C94H61N5. The lowest BCUT2D eigenvalue weighted by molar-refractivity contribution is 0.985. The highest BCUT2D eigenvalue weighted by Crippen LogP contribution is 2.47. The van der Waals surface area contributed by atoms with E-state index in [4.69, 9.17) is 9.97 Å². The van der Waals surface area contributed by atoms with E-state index in [1.54, 1.807) is 0 Å². The maximum atomic E-state index is 6.39. The van der Waals surface area contributed by atoms with Crippen LogP contribution in [-0.4, -0.2) is 23.7 Å². The molecule has 0 fully saturated rings. The zero-order valence-electron chi connectivity index (χ0n) is 54.0. The van der Waals surface area contributed by atoms with Gasteiger partial charge in [-0.05, 0) is 169 Å². The number of fused-ring (bicyclic) bond motifs is 9. The molecule has 99 heavy (non-hydrogen) atoms. The molecule has 0 aliphatic rings. The van der Waals surface area contributed by atoms with Crippen LogP contribution in [0.5, 0.6) is 0 Å². The molecule has 0 radical (unpaired) electrons. The number of aromatic nitrogens is 5. The van der Waals surface area contributed by atoms with Gasteiger partial charge in [0.05, 0.1) is 50.2 Å². The van der Waals surface area contributed by atoms with Crippen LogP contribution in [-0.2, 0) is 0 Å². The molecule has 0 amide bonds. The van der Waals surface area contributed by atoms with E-state index in [-0.39, 0.29) is 0 Å². The van der Waals surface area contributed by atoms with Crippen LogP contribution < -0.4 is 0 Å². The maximum Gasteiger partial charge on any atom is 0.165 e. The molecule has 5 heterocycles. The van der Waals surface area contributed by atoms with Gasteiger partial charge < -0.3 is 4.57 Å². The van der Waals surface area contributed by atoms with Crippen LogP contribution in [0.3, 0.4) is 0 Å². The Balaban J connectivity index is 0.981. The number of hydrogen-bond acceptors (Lipinski definition) is 2. The summed E-state index contributed by atoms with van der Waals surface area (Å²) in [7, 11) is 0. The van der Waals surface area contributed by atoms with E-state index >= 15 is 0 Å². The standard InChI is InChI=1S/C94H61N5/c1-8-24-62(25-9-1)69-42-48-86-78(55-69)79-56-70(63-26-10-2-11-27-63)43-49-87(79)97(86)92-61-77(75-38-22-39-76(54-75)85-41-23-40-84(95-85)68-36-20-7-21-37-68)93(98-88-50-44-71(64-28-12-3-13-29-64)57-80(88)81-58-72(45-51-89(81)98)65-30-14-4-15-31-65)94(96-92)99-90-52-46-73(66-32-16-5-17-33-66)59-82(90)83-60-74(47-53-91(83)99)67-34-18-6-19-35-67/h1-61H. The highest BCUT2D eigenvalue weighted by molar-refractivity contribution is 6.16. The number of nitrogens with zero attached hydrogens (tertiary/aromatic N) is 5. The van der Waals surface area contributed by atoms with Crippen LogP contribution in [0.25, 0.3) is 183 Å². The summed E-state index contributed by atoms with van der Waals surface area (Å²) in [5.41, 5.74) is 26.8. The molecule has 0 atom stereocenters. The second-order valence-electron chi connectivity index (χ2n) is 25.6. The zero-order chi connectivity index (χ0) is 65.3. The van der Waals surface area contributed by atoms with Gasteiger partial charge in [0.25, 0.3) is 0 Å². The summed E-state index contributed by atoms with van der Waals surface area (Å²) in [5.74, 6) is 1.54. The Hall–Kier alpha value is -13.2. The molecule has 5 aromatic heterocycles. The fourth-order valence-electron chi connectivity index (χ4n) is 15.1. The van der Waals surface area contributed by atoms with Crippen LogP contribution in [0.2, 0.25) is 0 Å². The average molecular weight is 1260 g/mol. The summed E-state index contributed by atoms with van der Waals surface area (Å²) in [4.78, 5) is 11.8. The van der Waals surface area contributed by atoms with Crippen LogP contribution >= 0.6 is 0 Å². The summed E-state index contributed by atoms with van der Waals surface area (Å²) in [6.07, 6.45) is 0. The minimum atomic E-state index is 0.770. The van der Waals surface area contributed by atoms with Crippen LogP contribution in [0.1, 0.15) is 0 Å². The SMILES string of the molecule is c1ccc(-c2ccc3c(c2)c2cc(-c4ccccc4)ccc2n3-c2cc(-c3cccc(-c4cccc(-c5ccccc5)n4)c3)c(-n3c4ccc(-c5ccccc5)cc4c4cc(-c5ccccc5)ccc43)c(-n3c4ccc(-c5ccccc5)cc4c4cc(-c5ccccc5)ccc43)n2)cc1. The van der Waals surface area contributed by atoms with Gasteiger partial charge in [0.1, 0.15) is 5.82 Å². The van der Waals surface area contributed by atoms with Crippen molar-refractivity contribution in [3.8, 4) is 118 Å². The molecule has 0 saturated carbocycles. The van der Waals surface area contributed by atoms with E-state index in [9.17, 15) is 0 Å². The first-order valence-electron chi connectivity index (χ1n) is 33.9. The third kappa shape index (κ3) is 10.0. The fourth-order valence-corrected chi connectivity index (χ4v) is 15.1. The molecule has 462 valence electrons. The van der Waals surface area contributed by atoms with E-state index in [1.807, 2.05) is 0 Å². The number of rotatable bonds is 12. The van der Waals surface area contributed by atoms with E-state index in [2.05, 4.69) is 384 Å². The molecule has 14 aromatic carbocycles. The van der Waals surface area contributed by atoms with Gasteiger partial charge in [-0.25, -0.2) is 9.97 Å². The quantitative estimate of drug-likeness (QED) is 0.122. The molecule has 5 nitrogen and oxygen atoms in total. The third-order valence-corrected chi connectivity index (χ3v) is 19.9. The first-order valence-corrected chi connectivity index (χ1v) is 33.9. The molecule has 19 rings (SSSR count). The Bertz CT molecular complexity index is 6000. The molecule has 19 aromatic rings. The van der Waals surface area contributed by atoms with Crippen LogP contribution in [0, 0.1) is 0 Å². The molecule has 0 N–H and O–H groups in total. The Morgan fingerprint density at radius 1 is 0.172 bits per heavy atom. The van der Waals surface area contributed by atoms with Crippen molar-refractivity contribution in [3.05, 3.63) is 370 Å². The molecule has 0 spiro atoms. The van der Waals surface area contributed by atoms with Crippen molar-refractivity contribution in [2.45, 2.75) is 0 Å². The van der Waals surface area contributed by atoms with Gasteiger partial charge in [-0.3, -0.25) is 9.13 Å². The van der Waals surface area contributed by atoms with Crippen molar-refractivity contribution >= 4 is 65.4 Å². The normalized spacial score (nSPS) is 11.6. The van der Waals surface area contributed by atoms with Gasteiger partial charge in [-0.1, -0.05) is 273 Å². The van der Waals surface area contributed by atoms with E-state index < -0.39 is 0 Å². The molecule has 5 heteroatoms. The largest absolute Gasteiger partial charge is 0.305 e. The molecule has 0 saturated heterocycles. The van der Waals surface area contributed by atoms with Crippen molar-refractivity contribution in [2.24, 2.45) is 0 Å². The minimum Gasteiger partial charge on any atom is -0.305 e. The van der Waals surface area contributed by atoms with Gasteiger partial charge in [0.15, 0.2) is 5.82 Å². The zero-order valence-corrected chi connectivity index (χ0v) is 54.0. The topological polar surface area (TPSA) is 40.6 Å². The second-order valence-corrected chi connectivity index (χ2v) is 25.6. The molecular weight excluding hydrogens is 1200 g/mol. The van der Waals surface area contributed by atoms with E-state index in [0.717, 1.165) is 183 Å². The molecule has 0 aliphatic heterocycles. The fraction of sp³-hybridized carbons (Fsp3) is 0. The summed E-state index contributed by atoms with van der Waals surface area (Å²) in [6, 6.07) is 135. The lowest BCUT2D eigenvalue weighted by atomic mass is 9.99. The van der Waals surface area contributed by atoms with Gasteiger partial charge in [-0.2, -0.15) is 0 Å². The van der Waals surface area contributed by atoms with Crippen molar-refractivity contribution in [3.63, 3.8) is 0 Å². The van der Waals surface area contributed by atoms with Crippen molar-refractivity contribution < 1.29 is 0 Å². The Labute approximate surface area is 573 Å². The summed E-state index contributed by atoms with van der Waals surface area (Å²) in [6.45, 7) is 0. The number of hydrogen-bond donors (Lipinski definition) is 0. The Kier molecular flexibility index (Phi) is 13.8. The highest BCUT2D eigenvalue weighted by Gasteiger charge is 2.28. The molecule has 0 bridgehead atoms.